The van der Waals surface area contributed by atoms with E-state index >= 15 is 0 Å². The molecule has 0 spiro atoms. The Morgan fingerprint density at radius 3 is 2.62 bits per heavy atom. The first-order valence-corrected chi connectivity index (χ1v) is 7.70. The van der Waals surface area contributed by atoms with Gasteiger partial charge in [0, 0.05) is 51.6 Å². The van der Waals surface area contributed by atoms with Gasteiger partial charge in [-0.2, -0.15) is 5.10 Å². The first-order valence-electron chi connectivity index (χ1n) is 7.70. The molecule has 0 saturated heterocycles. The van der Waals surface area contributed by atoms with Crippen molar-refractivity contribution in [3.63, 3.8) is 0 Å². The Labute approximate surface area is 166 Å². The van der Waals surface area contributed by atoms with Gasteiger partial charge in [0.2, 0.25) is 0 Å². The van der Waals surface area contributed by atoms with E-state index in [0.29, 0.717) is 6.42 Å². The zero-order chi connectivity index (χ0) is 16.6. The summed E-state index contributed by atoms with van der Waals surface area (Å²) >= 11 is 0. The fraction of sp³-hybridized carbons (Fsp3) is 0.263. The molecule has 1 radical (unpaired) electrons. The molecule has 3 rings (SSSR count). The number of fused-ring (bicyclic) bond motifs is 1. The Balaban J connectivity index is 0.00000208. The molecule has 24 heavy (non-hydrogen) atoms. The molecule has 0 unspecified atom stereocenters. The van der Waals surface area contributed by atoms with Crippen LogP contribution < -0.4 is 0 Å². The van der Waals surface area contributed by atoms with E-state index in [2.05, 4.69) is 42.4 Å². The van der Waals surface area contributed by atoms with Crippen LogP contribution in [0, 0.1) is 13.8 Å². The van der Waals surface area contributed by atoms with Crippen molar-refractivity contribution in [2.24, 2.45) is 7.05 Å². The van der Waals surface area contributed by atoms with Gasteiger partial charge in [0.15, 0.2) is 0 Å². The molecule has 1 N–H and O–H groups in total. The molecule has 0 bridgehead atoms. The van der Waals surface area contributed by atoms with Gasteiger partial charge in [0.05, 0.1) is 11.7 Å². The molecule has 0 aliphatic carbocycles. The smallest absolute Gasteiger partial charge is 0.303 e. The molecule has 1 heterocycles. The van der Waals surface area contributed by atoms with E-state index in [0.717, 1.165) is 33.2 Å². The van der Waals surface area contributed by atoms with Crippen LogP contribution in [0.5, 0.6) is 0 Å². The molecule has 2 aromatic carbocycles. The van der Waals surface area contributed by atoms with Crippen molar-refractivity contribution in [2.75, 3.05) is 0 Å². The summed E-state index contributed by atoms with van der Waals surface area (Å²) in [7, 11) is 1.93. The van der Waals surface area contributed by atoms with Gasteiger partial charge in [-0.1, -0.05) is 18.2 Å². The van der Waals surface area contributed by atoms with Crippen molar-refractivity contribution in [3.05, 3.63) is 53.2 Å². The van der Waals surface area contributed by atoms with E-state index in [4.69, 9.17) is 5.11 Å². The number of aryl methyl sites for hydroxylation is 4. The summed E-state index contributed by atoms with van der Waals surface area (Å²) in [5, 5.41) is 14.3. The van der Waals surface area contributed by atoms with Crippen LogP contribution >= 0.6 is 0 Å². The summed E-state index contributed by atoms with van der Waals surface area (Å²) in [6, 6.07) is 10.6. The third kappa shape index (κ3) is 3.76. The third-order valence-corrected chi connectivity index (χ3v) is 4.35. The van der Waals surface area contributed by atoms with Crippen molar-refractivity contribution >= 4 is 16.9 Å². The van der Waals surface area contributed by atoms with Crippen LogP contribution in [0.1, 0.15) is 23.1 Å². The molecule has 0 fully saturated rings. The van der Waals surface area contributed by atoms with Crippen LogP contribution in [0.3, 0.4) is 0 Å². The molecule has 0 atom stereocenters. The van der Waals surface area contributed by atoms with Crippen LogP contribution in [0.4, 0.5) is 0 Å². The van der Waals surface area contributed by atoms with Gasteiger partial charge in [-0.05, 0) is 60.2 Å². The quantitative estimate of drug-likeness (QED) is 0.727. The number of carboxylic acid groups (broad SMARTS) is 1. The Kier molecular flexibility index (Phi) is 5.94. The summed E-state index contributed by atoms with van der Waals surface area (Å²) < 4.78 is 1.86. The van der Waals surface area contributed by atoms with Crippen molar-refractivity contribution in [1.29, 1.82) is 0 Å². The van der Waals surface area contributed by atoms with E-state index < -0.39 is 5.97 Å². The largest absolute Gasteiger partial charge is 0.481 e. The Morgan fingerprint density at radius 2 is 1.92 bits per heavy atom. The van der Waals surface area contributed by atoms with Gasteiger partial charge in [-0.25, -0.2) is 0 Å². The number of carbonyl (C=O) groups is 1. The van der Waals surface area contributed by atoms with E-state index in [9.17, 15) is 4.79 Å². The monoisotopic (exact) mass is 397 g/mol. The second kappa shape index (κ2) is 7.58. The second-order valence-corrected chi connectivity index (χ2v) is 6.03. The maximum Gasteiger partial charge on any atom is 0.303 e. The number of nitrogens with zero attached hydrogens (tertiary/aromatic N) is 2. The molecular formula is C19H20N2O2Y. The number of hydrogen-bond donors (Lipinski definition) is 1. The average Bonchev–Trinajstić information content (AvgIpc) is 2.87. The topological polar surface area (TPSA) is 55.1 Å². The van der Waals surface area contributed by atoms with Crippen LogP contribution in [-0.2, 0) is 51.0 Å². The molecule has 0 saturated carbocycles. The Hall–Kier alpha value is -1.52. The fourth-order valence-electron chi connectivity index (χ4n) is 3.05. The van der Waals surface area contributed by atoms with E-state index in [1.807, 2.05) is 24.9 Å². The first-order chi connectivity index (χ1) is 11.0. The minimum atomic E-state index is -0.761. The molecule has 4 nitrogen and oxygen atoms in total. The molecule has 0 aliphatic rings. The molecular weight excluding hydrogens is 377 g/mol. The Morgan fingerprint density at radius 1 is 1.17 bits per heavy atom. The maximum absolute atomic E-state index is 10.8. The zero-order valence-corrected chi connectivity index (χ0v) is 17.0. The Bertz CT molecular complexity index is 900. The second-order valence-electron chi connectivity index (χ2n) is 6.03. The molecule has 1 aromatic heterocycles. The molecule has 0 aliphatic heterocycles. The molecule has 0 amide bonds. The minimum Gasteiger partial charge on any atom is -0.481 e. The SMILES string of the molecule is Cc1cc(C)c(-c2ccc3c(cnn3C)c2)cc1CCC(=O)O.[Y]. The van der Waals surface area contributed by atoms with Crippen LogP contribution in [0.2, 0.25) is 0 Å². The van der Waals surface area contributed by atoms with Crippen LogP contribution in [0.25, 0.3) is 22.0 Å². The van der Waals surface area contributed by atoms with Gasteiger partial charge < -0.3 is 5.11 Å². The van der Waals surface area contributed by atoms with Gasteiger partial charge in [0.25, 0.3) is 0 Å². The average molecular weight is 397 g/mol. The summed E-state index contributed by atoms with van der Waals surface area (Å²) in [5.74, 6) is -0.761. The van der Waals surface area contributed by atoms with Crippen molar-refractivity contribution in [3.8, 4) is 11.1 Å². The van der Waals surface area contributed by atoms with Gasteiger partial charge in [-0.3, -0.25) is 9.48 Å². The minimum absolute atomic E-state index is 0. The predicted molar refractivity (Wildman–Crippen MR) is 91.6 cm³/mol. The number of aromatic nitrogens is 2. The predicted octanol–water partition coefficient (Wildman–Crippen LogP) is 3.87. The van der Waals surface area contributed by atoms with Gasteiger partial charge in [-0.15, -0.1) is 0 Å². The van der Waals surface area contributed by atoms with E-state index in [-0.39, 0.29) is 39.1 Å². The first kappa shape index (κ1) is 18.8. The molecule has 5 heteroatoms. The number of benzene rings is 2. The van der Waals surface area contributed by atoms with Crippen LogP contribution in [0.15, 0.2) is 36.5 Å². The normalized spacial score (nSPS) is 10.6. The summed E-state index contributed by atoms with van der Waals surface area (Å²) in [5.41, 5.74) is 6.84. The summed E-state index contributed by atoms with van der Waals surface area (Å²) in [6.07, 6.45) is 2.59. The summed E-state index contributed by atoms with van der Waals surface area (Å²) in [4.78, 5) is 10.8. The number of hydrogen-bond acceptors (Lipinski definition) is 2. The molecule has 3 aromatic rings. The summed E-state index contributed by atoms with van der Waals surface area (Å²) in [6.45, 7) is 4.13. The number of aliphatic carboxylic acids is 1. The number of rotatable bonds is 4. The number of carboxylic acids is 1. The van der Waals surface area contributed by atoms with Crippen molar-refractivity contribution in [1.82, 2.24) is 9.78 Å². The standard InChI is InChI=1S/C19H20N2O2.Y/c1-12-8-13(2)17(10-14(12)5-7-19(22)23)15-4-6-18-16(9-15)11-20-21(18)3;/h4,6,8-11H,5,7H2,1-3H3,(H,22,23);. The van der Waals surface area contributed by atoms with Crippen molar-refractivity contribution < 1.29 is 42.6 Å². The fourth-order valence-corrected chi connectivity index (χ4v) is 3.05. The third-order valence-electron chi connectivity index (χ3n) is 4.35. The van der Waals surface area contributed by atoms with E-state index in [1.165, 1.54) is 5.56 Å². The van der Waals surface area contributed by atoms with Crippen LogP contribution in [-0.4, -0.2) is 20.9 Å². The maximum atomic E-state index is 10.8. The molecule has 121 valence electrons. The van der Waals surface area contributed by atoms with Crippen molar-refractivity contribution in [2.45, 2.75) is 26.7 Å². The van der Waals surface area contributed by atoms with E-state index in [1.54, 1.807) is 0 Å². The van der Waals surface area contributed by atoms with Gasteiger partial charge in [0.1, 0.15) is 0 Å². The van der Waals surface area contributed by atoms with Gasteiger partial charge >= 0.3 is 5.97 Å². The zero-order valence-electron chi connectivity index (χ0n) is 14.2.